The molecule has 9 nitrogen and oxygen atoms in total. The average Bonchev–Trinajstić information content (AvgIpc) is 2.95. The predicted octanol–water partition coefficient (Wildman–Crippen LogP) is 0.942. The summed E-state index contributed by atoms with van der Waals surface area (Å²) >= 11 is 2.30. The summed E-state index contributed by atoms with van der Waals surface area (Å²) in [5.41, 5.74) is -1.31. The summed E-state index contributed by atoms with van der Waals surface area (Å²) in [6.45, 7) is 5.80. The van der Waals surface area contributed by atoms with Crippen LogP contribution in [-0.2, 0) is 4.79 Å². The van der Waals surface area contributed by atoms with Crippen LogP contribution in [0.15, 0.2) is 14.6 Å². The smallest absolute Gasteiger partial charge is 0.300 e. The van der Waals surface area contributed by atoms with Gasteiger partial charge in [0.15, 0.2) is 5.03 Å². The Bertz CT molecular complexity index is 796. The maximum Gasteiger partial charge on any atom is 0.342 e. The van der Waals surface area contributed by atoms with Crippen LogP contribution in [0.4, 0.5) is 5.13 Å². The van der Waals surface area contributed by atoms with E-state index in [0.29, 0.717) is 11.6 Å². The van der Waals surface area contributed by atoms with Gasteiger partial charge in [0.25, 0.3) is 5.56 Å². The number of nitrogens with one attached hydrogen (secondary N) is 3. The molecule has 0 aliphatic heterocycles. The number of hydrogen-bond donors (Lipinski definition) is 3. The van der Waals surface area contributed by atoms with Gasteiger partial charge in [0, 0.05) is 5.92 Å². The lowest BCUT2D eigenvalue weighted by Crippen LogP contribution is -2.29. The number of amides is 1. The first-order valence-electron chi connectivity index (χ1n) is 6.90. The van der Waals surface area contributed by atoms with Gasteiger partial charge in [-0.3, -0.25) is 19.9 Å². The van der Waals surface area contributed by atoms with Crippen molar-refractivity contribution in [1.29, 1.82) is 0 Å². The number of thioether (sulfide) groups is 1. The van der Waals surface area contributed by atoms with Crippen molar-refractivity contribution in [2.75, 3.05) is 5.32 Å². The van der Waals surface area contributed by atoms with E-state index in [0.717, 1.165) is 16.8 Å². The van der Waals surface area contributed by atoms with Crippen LogP contribution < -0.4 is 16.6 Å². The Labute approximate surface area is 139 Å². The summed E-state index contributed by atoms with van der Waals surface area (Å²) in [6.07, 6.45) is 0.479. The Balaban J connectivity index is 2.08. The molecular weight excluding hydrogens is 340 g/mol. The van der Waals surface area contributed by atoms with E-state index in [1.165, 1.54) is 11.3 Å². The minimum atomic E-state index is -0.688. The summed E-state index contributed by atoms with van der Waals surface area (Å²) in [5, 5.41) is 17.2. The van der Waals surface area contributed by atoms with Crippen molar-refractivity contribution in [3.8, 4) is 0 Å². The third kappa shape index (κ3) is 4.48. The van der Waals surface area contributed by atoms with Crippen molar-refractivity contribution in [1.82, 2.24) is 25.4 Å². The summed E-state index contributed by atoms with van der Waals surface area (Å²) in [4.78, 5) is 37.0. The molecule has 2 aromatic heterocycles. The van der Waals surface area contributed by atoms with Crippen LogP contribution >= 0.6 is 23.1 Å². The number of anilines is 1. The van der Waals surface area contributed by atoms with Gasteiger partial charge in [-0.1, -0.05) is 43.9 Å². The molecule has 1 amide bonds. The maximum atomic E-state index is 12.3. The number of rotatable bonds is 6. The van der Waals surface area contributed by atoms with Crippen molar-refractivity contribution >= 4 is 34.1 Å². The first-order valence-corrected chi connectivity index (χ1v) is 8.60. The van der Waals surface area contributed by atoms with Crippen molar-refractivity contribution in [3.05, 3.63) is 25.8 Å². The molecule has 0 fully saturated rings. The number of aromatic nitrogens is 5. The summed E-state index contributed by atoms with van der Waals surface area (Å²) in [7, 11) is 0. The molecule has 0 bridgehead atoms. The van der Waals surface area contributed by atoms with Crippen LogP contribution in [0, 0.1) is 0 Å². The number of carbonyl (C=O) groups excluding carboxylic acids is 1. The molecule has 0 spiro atoms. The molecule has 2 aromatic rings. The minimum absolute atomic E-state index is 0.0340. The zero-order valence-electron chi connectivity index (χ0n) is 12.7. The van der Waals surface area contributed by atoms with Gasteiger partial charge < -0.3 is 0 Å². The number of H-pyrrole nitrogens is 2. The van der Waals surface area contributed by atoms with Gasteiger partial charge in [-0.05, 0) is 6.42 Å². The molecule has 11 heteroatoms. The van der Waals surface area contributed by atoms with Gasteiger partial charge in [-0.15, -0.1) is 10.2 Å². The van der Waals surface area contributed by atoms with Crippen LogP contribution in [0.25, 0.3) is 0 Å². The fourth-order valence-electron chi connectivity index (χ4n) is 1.58. The molecule has 0 aliphatic rings. The highest BCUT2D eigenvalue weighted by atomic mass is 32.2. The molecule has 3 N–H and O–H groups in total. The van der Waals surface area contributed by atoms with E-state index in [2.05, 4.69) is 30.7 Å². The Hall–Kier alpha value is -2.01. The molecule has 2 rings (SSSR count). The Kier molecular flexibility index (Phi) is 5.66. The lowest BCUT2D eigenvalue weighted by molar-refractivity contribution is -0.115. The van der Waals surface area contributed by atoms with Gasteiger partial charge in [0.1, 0.15) is 5.01 Å². The molecule has 0 radical (unpaired) electrons. The average molecular weight is 356 g/mol. The maximum absolute atomic E-state index is 12.3. The highest BCUT2D eigenvalue weighted by Gasteiger charge is 2.22. The van der Waals surface area contributed by atoms with Gasteiger partial charge >= 0.3 is 5.69 Å². The third-order valence-electron chi connectivity index (χ3n) is 2.76. The fourth-order valence-corrected chi connectivity index (χ4v) is 3.19. The number of nitrogens with zero attached hydrogens (tertiary/aromatic N) is 3. The first-order chi connectivity index (χ1) is 10.9. The van der Waals surface area contributed by atoms with Gasteiger partial charge in [0.05, 0.1) is 5.25 Å². The molecule has 1 unspecified atom stereocenters. The molecule has 0 aromatic carbocycles. The Morgan fingerprint density at radius 3 is 2.65 bits per heavy atom. The highest BCUT2D eigenvalue weighted by molar-refractivity contribution is 8.00. The molecule has 0 aliphatic carbocycles. The second-order valence-corrected chi connectivity index (χ2v) is 7.12. The monoisotopic (exact) mass is 356 g/mol. The van der Waals surface area contributed by atoms with Crippen LogP contribution in [0.1, 0.15) is 38.1 Å². The normalized spacial score (nSPS) is 12.3. The summed E-state index contributed by atoms with van der Waals surface area (Å²) in [6, 6.07) is 0. The van der Waals surface area contributed by atoms with E-state index in [4.69, 9.17) is 0 Å². The third-order valence-corrected chi connectivity index (χ3v) is 5.23. The van der Waals surface area contributed by atoms with Gasteiger partial charge in [-0.25, -0.2) is 9.89 Å². The van der Waals surface area contributed by atoms with Gasteiger partial charge in [0.2, 0.25) is 11.0 Å². The molecule has 124 valence electrons. The topological polar surface area (TPSA) is 133 Å². The van der Waals surface area contributed by atoms with Crippen molar-refractivity contribution in [2.24, 2.45) is 0 Å². The lowest BCUT2D eigenvalue weighted by atomic mass is 10.2. The lowest BCUT2D eigenvalue weighted by Gasteiger charge is -2.11. The van der Waals surface area contributed by atoms with Gasteiger partial charge in [-0.2, -0.15) is 5.10 Å². The Morgan fingerprint density at radius 1 is 1.35 bits per heavy atom. The van der Waals surface area contributed by atoms with E-state index >= 15 is 0 Å². The molecule has 0 saturated heterocycles. The summed E-state index contributed by atoms with van der Waals surface area (Å²) < 4.78 is 0. The van der Waals surface area contributed by atoms with Crippen molar-refractivity contribution in [2.45, 2.75) is 43.4 Å². The SMILES string of the molecule is CCC(Sc1n[nH]c(=O)[nH]c1=O)C(=O)Nc1nnc(C(C)C)s1. The molecular formula is C12H16N6O3S2. The van der Waals surface area contributed by atoms with E-state index in [1.807, 2.05) is 20.8 Å². The predicted molar refractivity (Wildman–Crippen MR) is 88.0 cm³/mol. The fraction of sp³-hybridized carbons (Fsp3) is 0.500. The van der Waals surface area contributed by atoms with Crippen LogP contribution in [0.3, 0.4) is 0 Å². The number of hydrogen-bond acceptors (Lipinski definition) is 8. The number of aromatic amines is 2. The van der Waals surface area contributed by atoms with E-state index in [1.54, 1.807) is 0 Å². The van der Waals surface area contributed by atoms with E-state index in [-0.39, 0.29) is 16.9 Å². The molecule has 1 atom stereocenters. The summed E-state index contributed by atoms with van der Waals surface area (Å²) in [5.74, 6) is -0.0604. The zero-order chi connectivity index (χ0) is 17.0. The molecule has 23 heavy (non-hydrogen) atoms. The van der Waals surface area contributed by atoms with Crippen LogP contribution in [0.5, 0.6) is 0 Å². The van der Waals surface area contributed by atoms with E-state index in [9.17, 15) is 14.4 Å². The number of carbonyl (C=O) groups is 1. The minimum Gasteiger partial charge on any atom is -0.300 e. The second-order valence-electron chi connectivity index (χ2n) is 4.92. The highest BCUT2D eigenvalue weighted by Crippen LogP contribution is 2.25. The van der Waals surface area contributed by atoms with Crippen LogP contribution in [0.2, 0.25) is 0 Å². The van der Waals surface area contributed by atoms with E-state index < -0.39 is 16.5 Å². The van der Waals surface area contributed by atoms with Crippen molar-refractivity contribution < 1.29 is 4.79 Å². The second kappa shape index (κ2) is 7.51. The van der Waals surface area contributed by atoms with Crippen LogP contribution in [-0.4, -0.2) is 36.5 Å². The zero-order valence-corrected chi connectivity index (χ0v) is 14.4. The molecule has 0 saturated carbocycles. The quantitative estimate of drug-likeness (QED) is 0.656. The molecule has 2 heterocycles. The first kappa shape index (κ1) is 17.3. The van der Waals surface area contributed by atoms with Crippen molar-refractivity contribution in [3.63, 3.8) is 0 Å². The largest absolute Gasteiger partial charge is 0.342 e. The standard InChI is InChI=1S/C12H16N6O3S2/c1-4-6(22-10-8(20)13-11(21)17-16-10)7(19)14-12-18-15-9(23-12)5(2)3/h5-6H,4H2,1-3H3,(H,14,18,19)(H2,13,17,20,21). The Morgan fingerprint density at radius 2 is 2.09 bits per heavy atom.